The lowest BCUT2D eigenvalue weighted by atomic mass is 9.75. The third kappa shape index (κ3) is 5.68. The van der Waals surface area contributed by atoms with Gasteiger partial charge in [0.05, 0.1) is 11.9 Å². The second-order valence-electron chi connectivity index (χ2n) is 9.03. The van der Waals surface area contributed by atoms with Crippen LogP contribution >= 0.6 is 11.6 Å². The third-order valence-electron chi connectivity index (χ3n) is 6.49. The van der Waals surface area contributed by atoms with Gasteiger partial charge in [-0.2, -0.15) is 0 Å². The van der Waals surface area contributed by atoms with Crippen LogP contribution in [0.15, 0.2) is 66.9 Å². The zero-order chi connectivity index (χ0) is 24.9. The number of nitrogens with one attached hydrogen (secondary N) is 2. The van der Waals surface area contributed by atoms with Crippen molar-refractivity contribution in [2.24, 2.45) is 0 Å². The number of aromatic amines is 1. The highest BCUT2D eigenvalue weighted by molar-refractivity contribution is 6.30. The van der Waals surface area contributed by atoms with Crippen molar-refractivity contribution in [1.29, 1.82) is 0 Å². The molecule has 35 heavy (non-hydrogen) atoms. The Labute approximate surface area is 210 Å². The first-order valence-corrected chi connectivity index (χ1v) is 12.3. The van der Waals surface area contributed by atoms with Gasteiger partial charge in [0.15, 0.2) is 0 Å². The van der Waals surface area contributed by atoms with Crippen molar-refractivity contribution in [2.75, 3.05) is 11.9 Å². The van der Waals surface area contributed by atoms with Crippen LogP contribution in [0.3, 0.4) is 0 Å². The van der Waals surface area contributed by atoms with Crippen molar-refractivity contribution in [3.05, 3.63) is 100.0 Å². The van der Waals surface area contributed by atoms with E-state index in [1.807, 2.05) is 43.5 Å². The molecule has 4 nitrogen and oxygen atoms in total. The number of carboxylic acids is 1. The largest absolute Gasteiger partial charge is 0.481 e. The summed E-state index contributed by atoms with van der Waals surface area (Å²) in [6.07, 6.45) is 3.94. The van der Waals surface area contributed by atoms with Gasteiger partial charge in [-0.05, 0) is 77.9 Å². The van der Waals surface area contributed by atoms with E-state index in [0.717, 1.165) is 40.6 Å². The van der Waals surface area contributed by atoms with Crippen molar-refractivity contribution < 1.29 is 14.3 Å². The molecule has 1 heterocycles. The molecule has 0 aliphatic heterocycles. The van der Waals surface area contributed by atoms with E-state index < -0.39 is 5.97 Å². The Balaban J connectivity index is 1.78. The first-order valence-electron chi connectivity index (χ1n) is 12.0. The number of aryl methyl sites for hydroxylation is 1. The number of anilines is 1. The molecule has 6 heteroatoms. The molecule has 2 atom stereocenters. The number of halogens is 2. The molecule has 1 aromatic heterocycles. The molecule has 0 saturated heterocycles. The molecular weight excluding hydrogens is 463 g/mol. The predicted molar refractivity (Wildman–Crippen MR) is 141 cm³/mol. The summed E-state index contributed by atoms with van der Waals surface area (Å²) in [7, 11) is 0. The summed E-state index contributed by atoms with van der Waals surface area (Å²) in [5.41, 5.74) is 5.66. The maximum absolute atomic E-state index is 14.8. The van der Waals surface area contributed by atoms with Gasteiger partial charge in [0, 0.05) is 34.8 Å². The van der Waals surface area contributed by atoms with Crippen LogP contribution in [0.5, 0.6) is 0 Å². The number of benzene rings is 3. The number of aromatic nitrogens is 1. The van der Waals surface area contributed by atoms with E-state index in [4.69, 9.17) is 16.7 Å². The van der Waals surface area contributed by atoms with Gasteiger partial charge in [-0.25, -0.2) is 4.39 Å². The van der Waals surface area contributed by atoms with Gasteiger partial charge in [-0.1, -0.05) is 49.2 Å². The van der Waals surface area contributed by atoms with Crippen LogP contribution in [-0.2, 0) is 4.79 Å². The van der Waals surface area contributed by atoms with Gasteiger partial charge in [-0.3, -0.25) is 4.79 Å². The molecule has 0 saturated carbocycles. The number of fused-ring (bicyclic) bond motifs is 1. The fraction of sp³-hybridized carbons (Fsp3) is 0.276. The van der Waals surface area contributed by atoms with Crippen molar-refractivity contribution in [3.63, 3.8) is 0 Å². The van der Waals surface area contributed by atoms with Crippen molar-refractivity contribution in [2.45, 2.75) is 44.9 Å². The highest BCUT2D eigenvalue weighted by Gasteiger charge is 2.29. The van der Waals surface area contributed by atoms with E-state index >= 15 is 0 Å². The molecule has 0 fully saturated rings. The van der Waals surface area contributed by atoms with Crippen LogP contribution in [-0.4, -0.2) is 22.6 Å². The van der Waals surface area contributed by atoms with E-state index in [-0.39, 0.29) is 24.1 Å². The number of hydrogen-bond acceptors (Lipinski definition) is 2. The number of hydrogen-bond donors (Lipinski definition) is 3. The topological polar surface area (TPSA) is 65.1 Å². The van der Waals surface area contributed by atoms with Gasteiger partial charge >= 0.3 is 5.97 Å². The molecule has 0 amide bonds. The number of carbonyl (C=O) groups is 1. The average molecular weight is 493 g/mol. The van der Waals surface area contributed by atoms with Crippen LogP contribution in [0.1, 0.15) is 60.3 Å². The van der Waals surface area contributed by atoms with Gasteiger partial charge in [0.25, 0.3) is 0 Å². The maximum atomic E-state index is 14.8. The van der Waals surface area contributed by atoms with Gasteiger partial charge < -0.3 is 15.4 Å². The molecule has 0 aliphatic rings. The van der Waals surface area contributed by atoms with Crippen LogP contribution in [0.4, 0.5) is 10.1 Å². The molecule has 182 valence electrons. The standard InChI is InChI=1S/C29H30ClFN2O2/c1-3-4-23(19-7-11-22(12-8-19)32-14-13-27(34)35)28(20-5-9-21(30)10-6-20)25-17-33-29-24(25)15-18(2)16-26(29)31/h5-12,15-17,23,28,32-33H,3-4,13-14H2,1-2H3,(H,34,35). The molecule has 3 N–H and O–H groups in total. The summed E-state index contributed by atoms with van der Waals surface area (Å²) < 4.78 is 14.8. The lowest BCUT2D eigenvalue weighted by Gasteiger charge is -2.28. The lowest BCUT2D eigenvalue weighted by molar-refractivity contribution is -0.136. The Bertz CT molecular complexity index is 1300. The molecular formula is C29H30ClFN2O2. The smallest absolute Gasteiger partial charge is 0.305 e. The minimum atomic E-state index is -0.826. The maximum Gasteiger partial charge on any atom is 0.305 e. The number of carboxylic acid groups (broad SMARTS) is 1. The second-order valence-corrected chi connectivity index (χ2v) is 9.47. The van der Waals surface area contributed by atoms with Crippen molar-refractivity contribution in [1.82, 2.24) is 4.98 Å². The van der Waals surface area contributed by atoms with Gasteiger partial charge in [0.2, 0.25) is 0 Å². The minimum Gasteiger partial charge on any atom is -0.481 e. The number of rotatable bonds is 10. The summed E-state index contributed by atoms with van der Waals surface area (Å²) in [5, 5.41) is 13.6. The van der Waals surface area contributed by atoms with Crippen LogP contribution in [0.25, 0.3) is 10.9 Å². The lowest BCUT2D eigenvalue weighted by Crippen LogP contribution is -2.13. The molecule has 0 radical (unpaired) electrons. The minimum absolute atomic E-state index is 0.00649. The van der Waals surface area contributed by atoms with E-state index in [2.05, 4.69) is 41.5 Å². The highest BCUT2D eigenvalue weighted by Crippen LogP contribution is 2.44. The predicted octanol–water partition coefficient (Wildman–Crippen LogP) is 7.87. The average Bonchev–Trinajstić information content (AvgIpc) is 3.24. The van der Waals surface area contributed by atoms with Crippen molar-refractivity contribution in [3.8, 4) is 0 Å². The first-order chi connectivity index (χ1) is 16.9. The molecule has 4 rings (SSSR count). The molecule has 0 aliphatic carbocycles. The summed E-state index contributed by atoms with van der Waals surface area (Å²) >= 11 is 6.21. The monoisotopic (exact) mass is 492 g/mol. The number of aliphatic carboxylic acids is 1. The van der Waals surface area contributed by atoms with Crippen LogP contribution in [0.2, 0.25) is 5.02 Å². The van der Waals surface area contributed by atoms with E-state index in [1.54, 1.807) is 6.07 Å². The fourth-order valence-corrected chi connectivity index (χ4v) is 5.02. The van der Waals surface area contributed by atoms with Gasteiger partial charge in [-0.15, -0.1) is 0 Å². The molecule has 2 unspecified atom stereocenters. The van der Waals surface area contributed by atoms with E-state index in [1.165, 1.54) is 5.56 Å². The van der Waals surface area contributed by atoms with E-state index in [9.17, 15) is 9.18 Å². The Morgan fingerprint density at radius 1 is 1.09 bits per heavy atom. The quantitative estimate of drug-likeness (QED) is 0.211. The summed E-state index contributed by atoms with van der Waals surface area (Å²) in [6.45, 7) is 4.46. The summed E-state index contributed by atoms with van der Waals surface area (Å²) in [6, 6.07) is 19.7. The Morgan fingerprint density at radius 3 is 2.43 bits per heavy atom. The summed E-state index contributed by atoms with van der Waals surface area (Å²) in [5.74, 6) is -0.928. The Kier molecular flexibility index (Phi) is 7.76. The molecule has 3 aromatic carbocycles. The normalized spacial score (nSPS) is 13.0. The zero-order valence-electron chi connectivity index (χ0n) is 19.9. The van der Waals surface area contributed by atoms with Gasteiger partial charge in [0.1, 0.15) is 5.82 Å². The molecule has 4 aromatic rings. The zero-order valence-corrected chi connectivity index (χ0v) is 20.7. The van der Waals surface area contributed by atoms with Crippen LogP contribution < -0.4 is 5.32 Å². The fourth-order valence-electron chi connectivity index (χ4n) is 4.90. The highest BCUT2D eigenvalue weighted by atomic mass is 35.5. The van der Waals surface area contributed by atoms with E-state index in [0.29, 0.717) is 17.1 Å². The Hall–Kier alpha value is -3.31. The second kappa shape index (κ2) is 11.0. The Morgan fingerprint density at radius 2 is 1.77 bits per heavy atom. The SMILES string of the molecule is CCCC(c1ccc(NCCC(=O)O)cc1)C(c1ccc(Cl)cc1)c1c[nH]c2c(F)cc(C)cc12. The third-order valence-corrected chi connectivity index (χ3v) is 6.74. The van der Waals surface area contributed by atoms with Crippen molar-refractivity contribution >= 4 is 34.2 Å². The number of H-pyrrole nitrogens is 1. The first kappa shape index (κ1) is 24.8. The van der Waals surface area contributed by atoms with Crippen LogP contribution in [0, 0.1) is 12.7 Å². The molecule has 0 spiro atoms. The molecule has 0 bridgehead atoms. The summed E-state index contributed by atoms with van der Waals surface area (Å²) in [4.78, 5) is 14.0.